The van der Waals surface area contributed by atoms with Crippen LogP contribution in [0, 0.1) is 10.1 Å². The van der Waals surface area contributed by atoms with Gasteiger partial charge in [0.25, 0.3) is 0 Å². The fraction of sp³-hybridized carbons (Fsp3) is 0.462. The Bertz CT molecular complexity index is 493. The molecule has 1 amide bonds. The van der Waals surface area contributed by atoms with Gasteiger partial charge in [0.2, 0.25) is 5.91 Å². The molecule has 0 aromatic heterocycles. The molecule has 8 nitrogen and oxygen atoms in total. The van der Waals surface area contributed by atoms with Gasteiger partial charge >= 0.3 is 5.69 Å². The molecule has 1 aromatic rings. The van der Waals surface area contributed by atoms with Gasteiger partial charge in [-0.2, -0.15) is 0 Å². The van der Waals surface area contributed by atoms with Crippen molar-refractivity contribution in [3.05, 3.63) is 28.3 Å². The fourth-order valence-corrected chi connectivity index (χ4v) is 1.75. The van der Waals surface area contributed by atoms with Crippen molar-refractivity contribution in [1.29, 1.82) is 0 Å². The highest BCUT2D eigenvalue weighted by atomic mass is 16.6. The SMILES string of the molecule is CCNc1cccc(NCC(=O)NCCOC)c1[N+](=O)[O-]. The summed E-state index contributed by atoms with van der Waals surface area (Å²) in [5.74, 6) is -0.254. The number of benzene rings is 1. The summed E-state index contributed by atoms with van der Waals surface area (Å²) in [5.41, 5.74) is 0.664. The van der Waals surface area contributed by atoms with E-state index in [0.717, 1.165) is 0 Å². The molecule has 0 bridgehead atoms. The summed E-state index contributed by atoms with van der Waals surface area (Å²) in [6.45, 7) is 3.20. The molecular formula is C13H20N4O4. The number of ether oxygens (including phenoxy) is 1. The first-order chi connectivity index (χ1) is 10.1. The second-order valence-electron chi connectivity index (χ2n) is 4.19. The minimum absolute atomic E-state index is 0.0415. The van der Waals surface area contributed by atoms with Gasteiger partial charge in [-0.15, -0.1) is 0 Å². The Kier molecular flexibility index (Phi) is 6.96. The summed E-state index contributed by atoms with van der Waals surface area (Å²) in [5, 5.41) is 19.5. The summed E-state index contributed by atoms with van der Waals surface area (Å²) in [4.78, 5) is 22.3. The number of hydrogen-bond acceptors (Lipinski definition) is 6. The molecule has 0 heterocycles. The second-order valence-corrected chi connectivity index (χ2v) is 4.19. The highest BCUT2D eigenvalue weighted by Gasteiger charge is 2.19. The highest BCUT2D eigenvalue weighted by Crippen LogP contribution is 2.32. The van der Waals surface area contributed by atoms with E-state index < -0.39 is 4.92 Å². The van der Waals surface area contributed by atoms with Gasteiger partial charge in [-0.25, -0.2) is 0 Å². The van der Waals surface area contributed by atoms with E-state index in [0.29, 0.717) is 31.1 Å². The number of nitrogens with zero attached hydrogens (tertiary/aromatic N) is 1. The number of amides is 1. The third-order valence-corrected chi connectivity index (χ3v) is 2.65. The molecule has 0 aliphatic carbocycles. The quantitative estimate of drug-likeness (QED) is 0.359. The van der Waals surface area contributed by atoms with E-state index in [1.807, 2.05) is 6.92 Å². The molecule has 1 rings (SSSR count). The van der Waals surface area contributed by atoms with E-state index in [1.54, 1.807) is 25.3 Å². The average Bonchev–Trinajstić information content (AvgIpc) is 2.45. The predicted molar refractivity (Wildman–Crippen MR) is 80.6 cm³/mol. The van der Waals surface area contributed by atoms with Crippen molar-refractivity contribution >= 4 is 23.0 Å². The van der Waals surface area contributed by atoms with E-state index in [2.05, 4.69) is 16.0 Å². The van der Waals surface area contributed by atoms with Gasteiger partial charge < -0.3 is 20.7 Å². The maximum Gasteiger partial charge on any atom is 0.315 e. The van der Waals surface area contributed by atoms with Crippen LogP contribution in [0.15, 0.2) is 18.2 Å². The smallest absolute Gasteiger partial charge is 0.315 e. The molecule has 0 saturated carbocycles. The molecule has 0 fully saturated rings. The monoisotopic (exact) mass is 296 g/mol. The van der Waals surface area contributed by atoms with Crippen LogP contribution >= 0.6 is 0 Å². The minimum atomic E-state index is -0.469. The van der Waals surface area contributed by atoms with Crippen molar-refractivity contribution in [2.45, 2.75) is 6.92 Å². The van der Waals surface area contributed by atoms with Crippen LogP contribution in [0.1, 0.15) is 6.92 Å². The topological polar surface area (TPSA) is 106 Å². The van der Waals surface area contributed by atoms with Crippen LogP contribution < -0.4 is 16.0 Å². The lowest BCUT2D eigenvalue weighted by Gasteiger charge is -2.11. The molecular weight excluding hydrogens is 276 g/mol. The number of carbonyl (C=O) groups excluding carboxylic acids is 1. The molecule has 0 spiro atoms. The Morgan fingerprint density at radius 1 is 1.33 bits per heavy atom. The van der Waals surface area contributed by atoms with Crippen molar-refractivity contribution in [2.75, 3.05) is 44.0 Å². The second kappa shape index (κ2) is 8.75. The number of nitro benzene ring substituents is 1. The molecule has 0 radical (unpaired) electrons. The number of nitro groups is 1. The van der Waals surface area contributed by atoms with Crippen LogP contribution in [0.3, 0.4) is 0 Å². The molecule has 0 atom stereocenters. The van der Waals surface area contributed by atoms with Crippen LogP contribution in [0.2, 0.25) is 0 Å². The zero-order chi connectivity index (χ0) is 15.7. The highest BCUT2D eigenvalue weighted by molar-refractivity contribution is 5.83. The lowest BCUT2D eigenvalue weighted by Crippen LogP contribution is -2.32. The molecule has 116 valence electrons. The van der Waals surface area contributed by atoms with Crippen LogP contribution in [-0.4, -0.2) is 44.2 Å². The molecule has 8 heteroatoms. The van der Waals surface area contributed by atoms with Gasteiger partial charge in [-0.3, -0.25) is 14.9 Å². The largest absolute Gasteiger partial charge is 0.383 e. The van der Waals surface area contributed by atoms with E-state index >= 15 is 0 Å². The van der Waals surface area contributed by atoms with Crippen molar-refractivity contribution in [3.8, 4) is 0 Å². The molecule has 21 heavy (non-hydrogen) atoms. The first-order valence-electron chi connectivity index (χ1n) is 6.61. The number of anilines is 2. The maximum atomic E-state index is 11.6. The lowest BCUT2D eigenvalue weighted by atomic mass is 10.2. The molecule has 3 N–H and O–H groups in total. The summed E-state index contributed by atoms with van der Waals surface area (Å²) < 4.78 is 4.82. The molecule has 1 aromatic carbocycles. The number of nitrogens with one attached hydrogen (secondary N) is 3. The first-order valence-corrected chi connectivity index (χ1v) is 6.61. The fourth-order valence-electron chi connectivity index (χ4n) is 1.75. The number of methoxy groups -OCH3 is 1. The summed E-state index contributed by atoms with van der Waals surface area (Å²) >= 11 is 0. The molecule has 0 aliphatic rings. The number of para-hydroxylation sites is 1. The van der Waals surface area contributed by atoms with Gasteiger partial charge in [0.1, 0.15) is 11.4 Å². The third kappa shape index (κ3) is 5.27. The molecule has 0 aliphatic heterocycles. The van der Waals surface area contributed by atoms with Crippen molar-refractivity contribution in [3.63, 3.8) is 0 Å². The summed E-state index contributed by atoms with van der Waals surface area (Å²) in [6.07, 6.45) is 0. The van der Waals surface area contributed by atoms with Crippen molar-refractivity contribution in [1.82, 2.24) is 5.32 Å². The average molecular weight is 296 g/mol. The lowest BCUT2D eigenvalue weighted by molar-refractivity contribution is -0.383. The Morgan fingerprint density at radius 2 is 2.00 bits per heavy atom. The Hall–Kier alpha value is -2.35. The zero-order valence-electron chi connectivity index (χ0n) is 12.1. The van der Waals surface area contributed by atoms with Gasteiger partial charge in [0.05, 0.1) is 18.1 Å². The van der Waals surface area contributed by atoms with Gasteiger partial charge in [0.15, 0.2) is 0 Å². The van der Waals surface area contributed by atoms with Gasteiger partial charge in [0, 0.05) is 20.2 Å². The standard InChI is InChI=1S/C13H20N4O4/c1-3-14-10-5-4-6-11(13(10)17(19)20)16-9-12(18)15-7-8-21-2/h4-6,14,16H,3,7-9H2,1-2H3,(H,15,18). The number of hydrogen-bond donors (Lipinski definition) is 3. The minimum Gasteiger partial charge on any atom is -0.383 e. The Balaban J connectivity index is 2.72. The van der Waals surface area contributed by atoms with Crippen LogP contribution in [0.25, 0.3) is 0 Å². The normalized spacial score (nSPS) is 10.0. The first kappa shape index (κ1) is 16.7. The van der Waals surface area contributed by atoms with Crippen LogP contribution in [0.5, 0.6) is 0 Å². The van der Waals surface area contributed by atoms with E-state index in [4.69, 9.17) is 4.74 Å². The van der Waals surface area contributed by atoms with Gasteiger partial charge in [-0.05, 0) is 19.1 Å². The Morgan fingerprint density at radius 3 is 2.57 bits per heavy atom. The van der Waals surface area contributed by atoms with Crippen molar-refractivity contribution < 1.29 is 14.5 Å². The van der Waals surface area contributed by atoms with Crippen LogP contribution in [-0.2, 0) is 9.53 Å². The van der Waals surface area contributed by atoms with E-state index in [1.165, 1.54) is 0 Å². The summed E-state index contributed by atoms with van der Waals surface area (Å²) in [7, 11) is 1.54. The predicted octanol–water partition coefficient (Wildman–Crippen LogP) is 1.20. The molecule has 0 saturated heterocycles. The number of rotatable bonds is 9. The Labute approximate surface area is 123 Å². The van der Waals surface area contributed by atoms with Gasteiger partial charge in [-0.1, -0.05) is 6.07 Å². The molecule has 0 unspecified atom stereocenters. The zero-order valence-corrected chi connectivity index (χ0v) is 12.1. The number of carbonyl (C=O) groups is 1. The van der Waals surface area contributed by atoms with Crippen molar-refractivity contribution in [2.24, 2.45) is 0 Å². The van der Waals surface area contributed by atoms with E-state index in [-0.39, 0.29) is 18.1 Å². The maximum absolute atomic E-state index is 11.6. The van der Waals surface area contributed by atoms with E-state index in [9.17, 15) is 14.9 Å². The van der Waals surface area contributed by atoms with Crippen LogP contribution in [0.4, 0.5) is 17.1 Å². The third-order valence-electron chi connectivity index (χ3n) is 2.65. The summed E-state index contributed by atoms with van der Waals surface area (Å²) in [6, 6.07) is 4.89.